The standard InChI is InChI=1S/C14H22N2O2S/c1-9-6-4-5-7-12(9)16-13(17)8-19-14-15-10(2)11(3)18-14/h9,12H,4-8H2,1-3H3,(H,16,17). The number of hydrogen-bond donors (Lipinski definition) is 1. The summed E-state index contributed by atoms with van der Waals surface area (Å²) in [4.78, 5) is 16.2. The Kier molecular flexibility index (Phi) is 4.91. The van der Waals surface area contributed by atoms with Gasteiger partial charge in [-0.1, -0.05) is 31.5 Å². The van der Waals surface area contributed by atoms with Gasteiger partial charge in [-0.05, 0) is 32.6 Å². The quantitative estimate of drug-likeness (QED) is 0.862. The molecule has 1 heterocycles. The van der Waals surface area contributed by atoms with E-state index >= 15 is 0 Å². The van der Waals surface area contributed by atoms with Crippen molar-refractivity contribution in [2.45, 2.75) is 57.7 Å². The fourth-order valence-electron chi connectivity index (χ4n) is 2.41. The molecule has 5 heteroatoms. The van der Waals surface area contributed by atoms with Gasteiger partial charge in [0.2, 0.25) is 5.91 Å². The molecule has 0 saturated heterocycles. The SMILES string of the molecule is Cc1nc(SCC(=O)NC2CCCCC2C)oc1C. The molecule has 1 N–H and O–H groups in total. The summed E-state index contributed by atoms with van der Waals surface area (Å²) in [5.74, 6) is 1.87. The molecule has 106 valence electrons. The van der Waals surface area contributed by atoms with Crippen LogP contribution in [0.15, 0.2) is 9.64 Å². The first-order chi connectivity index (χ1) is 9.06. The second-order valence-electron chi connectivity index (χ2n) is 5.35. The van der Waals surface area contributed by atoms with Gasteiger partial charge >= 0.3 is 0 Å². The normalized spacial score (nSPS) is 23.3. The van der Waals surface area contributed by atoms with Crippen LogP contribution in [-0.2, 0) is 4.79 Å². The highest BCUT2D eigenvalue weighted by Gasteiger charge is 2.22. The number of thioether (sulfide) groups is 1. The number of aromatic nitrogens is 1. The van der Waals surface area contributed by atoms with Gasteiger partial charge < -0.3 is 9.73 Å². The third-order valence-electron chi connectivity index (χ3n) is 3.79. The summed E-state index contributed by atoms with van der Waals surface area (Å²) in [6.07, 6.45) is 4.84. The van der Waals surface area contributed by atoms with Gasteiger partial charge in [0.1, 0.15) is 5.76 Å². The summed E-state index contributed by atoms with van der Waals surface area (Å²) in [5, 5.41) is 3.72. The Balaban J connectivity index is 1.78. The molecule has 1 aliphatic rings. The highest BCUT2D eigenvalue weighted by molar-refractivity contribution is 7.99. The van der Waals surface area contributed by atoms with Crippen molar-refractivity contribution in [2.24, 2.45) is 5.92 Å². The number of carbonyl (C=O) groups excluding carboxylic acids is 1. The first kappa shape index (κ1) is 14.4. The average Bonchev–Trinajstić information content (AvgIpc) is 2.69. The summed E-state index contributed by atoms with van der Waals surface area (Å²) in [6.45, 7) is 6.01. The molecule has 0 spiro atoms. The molecule has 1 aromatic rings. The fourth-order valence-corrected chi connectivity index (χ4v) is 3.13. The first-order valence-corrected chi connectivity index (χ1v) is 7.91. The Morgan fingerprint density at radius 1 is 1.42 bits per heavy atom. The van der Waals surface area contributed by atoms with E-state index in [2.05, 4.69) is 17.2 Å². The Bertz CT molecular complexity index is 425. The van der Waals surface area contributed by atoms with Gasteiger partial charge in [-0.3, -0.25) is 4.79 Å². The van der Waals surface area contributed by atoms with Crippen LogP contribution >= 0.6 is 11.8 Å². The van der Waals surface area contributed by atoms with Gasteiger partial charge in [0.05, 0.1) is 11.4 Å². The monoisotopic (exact) mass is 282 g/mol. The molecule has 1 amide bonds. The molecule has 4 nitrogen and oxygen atoms in total. The topological polar surface area (TPSA) is 55.1 Å². The molecule has 19 heavy (non-hydrogen) atoms. The van der Waals surface area contributed by atoms with Crippen LogP contribution in [0.4, 0.5) is 0 Å². The van der Waals surface area contributed by atoms with Crippen LogP contribution in [0.5, 0.6) is 0 Å². The fraction of sp³-hybridized carbons (Fsp3) is 0.714. The minimum absolute atomic E-state index is 0.0808. The molecule has 1 aliphatic carbocycles. The Morgan fingerprint density at radius 2 is 2.16 bits per heavy atom. The zero-order valence-electron chi connectivity index (χ0n) is 11.9. The van der Waals surface area contributed by atoms with Crippen LogP contribution < -0.4 is 5.32 Å². The Labute approximate surface area is 118 Å². The van der Waals surface area contributed by atoms with Gasteiger partial charge in [-0.15, -0.1) is 0 Å². The van der Waals surface area contributed by atoms with E-state index in [4.69, 9.17) is 4.42 Å². The van der Waals surface area contributed by atoms with Gasteiger partial charge in [0.25, 0.3) is 5.22 Å². The van der Waals surface area contributed by atoms with Crippen LogP contribution in [0.25, 0.3) is 0 Å². The van der Waals surface area contributed by atoms with Gasteiger partial charge in [-0.25, -0.2) is 4.98 Å². The van der Waals surface area contributed by atoms with E-state index < -0.39 is 0 Å². The summed E-state index contributed by atoms with van der Waals surface area (Å²) < 4.78 is 5.45. The highest BCUT2D eigenvalue weighted by Crippen LogP contribution is 2.24. The van der Waals surface area contributed by atoms with Crippen molar-refractivity contribution in [3.8, 4) is 0 Å². The van der Waals surface area contributed by atoms with Gasteiger partial charge in [0.15, 0.2) is 0 Å². The predicted molar refractivity (Wildman–Crippen MR) is 76.3 cm³/mol. The summed E-state index contributed by atoms with van der Waals surface area (Å²) in [7, 11) is 0. The third kappa shape index (κ3) is 4.00. The predicted octanol–water partition coefficient (Wildman–Crippen LogP) is 3.08. The molecule has 1 aromatic heterocycles. The van der Waals surface area contributed by atoms with E-state index in [1.807, 2.05) is 13.8 Å². The molecule has 1 fully saturated rings. The van der Waals surface area contributed by atoms with Gasteiger partial charge in [0, 0.05) is 6.04 Å². The Hall–Kier alpha value is -0.970. The molecule has 2 atom stereocenters. The lowest BCUT2D eigenvalue weighted by molar-refractivity contribution is -0.119. The second kappa shape index (κ2) is 6.46. The Morgan fingerprint density at radius 3 is 2.79 bits per heavy atom. The molecule has 2 rings (SSSR count). The molecule has 0 bridgehead atoms. The lowest BCUT2D eigenvalue weighted by Gasteiger charge is -2.29. The van der Waals surface area contributed by atoms with E-state index in [1.165, 1.54) is 31.0 Å². The van der Waals surface area contributed by atoms with Crippen LogP contribution in [0.1, 0.15) is 44.1 Å². The number of oxazole rings is 1. The zero-order chi connectivity index (χ0) is 13.8. The molecule has 0 aromatic carbocycles. The number of aryl methyl sites for hydroxylation is 2. The minimum atomic E-state index is 0.0808. The number of nitrogens with zero attached hydrogens (tertiary/aromatic N) is 1. The lowest BCUT2D eigenvalue weighted by Crippen LogP contribution is -2.41. The summed E-state index contributed by atoms with van der Waals surface area (Å²) >= 11 is 1.36. The summed E-state index contributed by atoms with van der Waals surface area (Å²) in [6, 6.07) is 0.342. The van der Waals surface area contributed by atoms with Crippen molar-refractivity contribution in [3.63, 3.8) is 0 Å². The first-order valence-electron chi connectivity index (χ1n) is 6.92. The molecular formula is C14H22N2O2S. The van der Waals surface area contributed by atoms with E-state index in [9.17, 15) is 4.79 Å². The smallest absolute Gasteiger partial charge is 0.256 e. The largest absolute Gasteiger partial charge is 0.437 e. The van der Waals surface area contributed by atoms with Crippen LogP contribution in [0.2, 0.25) is 0 Å². The van der Waals surface area contributed by atoms with E-state index in [0.717, 1.165) is 17.9 Å². The number of hydrogen-bond acceptors (Lipinski definition) is 4. The third-order valence-corrected chi connectivity index (χ3v) is 4.62. The van der Waals surface area contributed by atoms with Crippen molar-refractivity contribution in [3.05, 3.63) is 11.5 Å². The van der Waals surface area contributed by atoms with Crippen LogP contribution in [0.3, 0.4) is 0 Å². The molecule has 0 aliphatic heterocycles. The van der Waals surface area contributed by atoms with Crippen molar-refractivity contribution in [1.29, 1.82) is 0 Å². The zero-order valence-corrected chi connectivity index (χ0v) is 12.7. The van der Waals surface area contributed by atoms with Crippen molar-refractivity contribution in [2.75, 3.05) is 5.75 Å². The maximum absolute atomic E-state index is 11.9. The van der Waals surface area contributed by atoms with Crippen LogP contribution in [-0.4, -0.2) is 22.7 Å². The number of rotatable bonds is 4. The maximum atomic E-state index is 11.9. The highest BCUT2D eigenvalue weighted by atomic mass is 32.2. The van der Waals surface area contributed by atoms with Crippen molar-refractivity contribution in [1.82, 2.24) is 10.3 Å². The second-order valence-corrected chi connectivity index (χ2v) is 6.27. The number of nitrogens with one attached hydrogen (secondary N) is 1. The molecule has 1 saturated carbocycles. The summed E-state index contributed by atoms with van der Waals surface area (Å²) in [5.41, 5.74) is 0.892. The average molecular weight is 282 g/mol. The maximum Gasteiger partial charge on any atom is 0.256 e. The van der Waals surface area contributed by atoms with Crippen molar-refractivity contribution >= 4 is 17.7 Å². The van der Waals surface area contributed by atoms with E-state index in [0.29, 0.717) is 22.9 Å². The minimum Gasteiger partial charge on any atom is -0.437 e. The van der Waals surface area contributed by atoms with E-state index in [-0.39, 0.29) is 5.91 Å². The molecule has 2 unspecified atom stereocenters. The molecule has 0 radical (unpaired) electrons. The lowest BCUT2D eigenvalue weighted by atomic mass is 9.86. The van der Waals surface area contributed by atoms with Gasteiger partial charge in [-0.2, -0.15) is 0 Å². The van der Waals surface area contributed by atoms with Crippen molar-refractivity contribution < 1.29 is 9.21 Å². The number of amides is 1. The van der Waals surface area contributed by atoms with E-state index in [1.54, 1.807) is 0 Å². The van der Waals surface area contributed by atoms with Crippen LogP contribution in [0, 0.1) is 19.8 Å². The molecular weight excluding hydrogens is 260 g/mol. The number of carbonyl (C=O) groups is 1.